The van der Waals surface area contributed by atoms with E-state index in [2.05, 4.69) is 5.32 Å². The Labute approximate surface area is 168 Å². The summed E-state index contributed by atoms with van der Waals surface area (Å²) in [6, 6.07) is 7.20. The first-order valence-electron chi connectivity index (χ1n) is 8.74. The van der Waals surface area contributed by atoms with Crippen LogP contribution in [0.4, 0.5) is 30.2 Å². The number of hydrogen-bond donors (Lipinski definition) is 1. The topological polar surface area (TPSA) is 102 Å². The van der Waals surface area contributed by atoms with Gasteiger partial charge in [0, 0.05) is 6.07 Å². The van der Waals surface area contributed by atoms with Gasteiger partial charge in [0.1, 0.15) is 11.8 Å². The molecule has 2 aromatic carbocycles. The molecule has 1 atom stereocenters. The smallest absolute Gasteiger partial charge is 0.409 e. The van der Waals surface area contributed by atoms with Crippen molar-refractivity contribution in [1.29, 1.82) is 0 Å². The van der Waals surface area contributed by atoms with E-state index in [1.54, 1.807) is 0 Å². The van der Waals surface area contributed by atoms with Crippen LogP contribution in [0.1, 0.15) is 12.0 Å². The van der Waals surface area contributed by atoms with Crippen LogP contribution in [-0.2, 0) is 9.59 Å². The maximum Gasteiger partial charge on any atom is 0.409 e. The number of benzene rings is 2. The summed E-state index contributed by atoms with van der Waals surface area (Å²) in [7, 11) is 0. The third kappa shape index (κ3) is 4.19. The third-order valence-electron chi connectivity index (χ3n) is 4.58. The van der Waals surface area contributed by atoms with Crippen molar-refractivity contribution in [2.75, 3.05) is 16.8 Å². The molecule has 30 heavy (non-hydrogen) atoms. The summed E-state index contributed by atoms with van der Waals surface area (Å²) in [5.74, 6) is -1.93. The Kier molecular flexibility index (Phi) is 5.63. The zero-order chi connectivity index (χ0) is 22.1. The minimum atomic E-state index is -4.87. The molecule has 0 aliphatic carbocycles. The van der Waals surface area contributed by atoms with E-state index in [-0.39, 0.29) is 28.4 Å². The molecule has 1 heterocycles. The van der Waals surface area contributed by atoms with E-state index < -0.39 is 42.0 Å². The quantitative estimate of drug-likeness (QED) is 0.598. The fourth-order valence-corrected chi connectivity index (χ4v) is 3.16. The summed E-state index contributed by atoms with van der Waals surface area (Å²) >= 11 is 0. The molecular weight excluding hydrogens is 407 g/mol. The van der Waals surface area contributed by atoms with Gasteiger partial charge in [-0.3, -0.25) is 24.6 Å². The number of nitro benzene ring substituents is 1. The number of carbonyl (C=O) groups is 2. The Bertz CT molecular complexity index is 1010. The number of amides is 2. The summed E-state index contributed by atoms with van der Waals surface area (Å²) in [6.07, 6.45) is -5.84. The Hall–Kier alpha value is -3.63. The monoisotopic (exact) mass is 423 g/mol. The average molecular weight is 423 g/mol. The fourth-order valence-electron chi connectivity index (χ4n) is 3.16. The zero-order valence-electron chi connectivity index (χ0n) is 15.6. The van der Waals surface area contributed by atoms with Crippen LogP contribution in [0.15, 0.2) is 42.5 Å². The van der Waals surface area contributed by atoms with Gasteiger partial charge < -0.3 is 10.1 Å². The lowest BCUT2D eigenvalue weighted by Crippen LogP contribution is -2.51. The molecule has 3 rings (SSSR count). The molecule has 0 aromatic heterocycles. The van der Waals surface area contributed by atoms with Crippen molar-refractivity contribution in [2.24, 2.45) is 0 Å². The van der Waals surface area contributed by atoms with Crippen LogP contribution < -0.4 is 15.0 Å². The van der Waals surface area contributed by atoms with Crippen molar-refractivity contribution < 1.29 is 32.4 Å². The number of anilines is 2. The summed E-state index contributed by atoms with van der Waals surface area (Å²) in [6.45, 7) is 0.595. The lowest BCUT2D eigenvalue weighted by Gasteiger charge is -2.31. The summed E-state index contributed by atoms with van der Waals surface area (Å²) in [5, 5.41) is 13.4. The van der Waals surface area contributed by atoms with Crippen LogP contribution in [0, 0.1) is 17.0 Å². The molecule has 1 unspecified atom stereocenters. The molecule has 2 amide bonds. The third-order valence-corrected chi connectivity index (χ3v) is 4.58. The van der Waals surface area contributed by atoms with Crippen molar-refractivity contribution in [1.82, 2.24) is 0 Å². The maximum atomic E-state index is 13.7. The number of carbonyl (C=O) groups excluding carboxylic acids is 2. The van der Waals surface area contributed by atoms with E-state index in [9.17, 15) is 32.9 Å². The van der Waals surface area contributed by atoms with Crippen molar-refractivity contribution in [3.05, 3.63) is 58.1 Å². The maximum absolute atomic E-state index is 13.7. The molecule has 0 saturated heterocycles. The molecule has 0 saturated carbocycles. The van der Waals surface area contributed by atoms with Gasteiger partial charge in [-0.05, 0) is 25.1 Å². The van der Waals surface area contributed by atoms with E-state index in [0.29, 0.717) is 4.90 Å². The molecule has 1 aliphatic heterocycles. The van der Waals surface area contributed by atoms with E-state index in [1.807, 2.05) is 0 Å². The molecule has 2 aromatic rings. The number of nitro groups is 1. The minimum absolute atomic E-state index is 0.00147. The summed E-state index contributed by atoms with van der Waals surface area (Å²) < 4.78 is 46.4. The van der Waals surface area contributed by atoms with E-state index in [4.69, 9.17) is 4.74 Å². The van der Waals surface area contributed by atoms with Gasteiger partial charge in [0.15, 0.2) is 6.61 Å². The molecule has 1 aliphatic rings. The van der Waals surface area contributed by atoms with Crippen LogP contribution >= 0.6 is 0 Å². The van der Waals surface area contributed by atoms with Gasteiger partial charge in [-0.2, -0.15) is 13.2 Å². The molecule has 8 nitrogen and oxygen atoms in total. The second kappa shape index (κ2) is 8.01. The highest BCUT2D eigenvalue weighted by atomic mass is 19.4. The molecule has 0 radical (unpaired) electrons. The standard InChI is InChI=1S/C19H16F3N3O5/c1-11-13(25(28)29)7-4-8-15(11)30-10-18(27)24-14-6-3-2-5-12(14)23-17(26)9-16(24)19(20,21)22/h2-8,16H,9-10H2,1H3,(H,23,26). The molecule has 158 valence electrons. The van der Waals surface area contributed by atoms with Gasteiger partial charge in [0.05, 0.1) is 28.3 Å². The molecule has 1 N–H and O–H groups in total. The number of alkyl halides is 3. The predicted octanol–water partition coefficient (Wildman–Crippen LogP) is 3.59. The number of rotatable bonds is 4. The lowest BCUT2D eigenvalue weighted by molar-refractivity contribution is -0.385. The fraction of sp³-hybridized carbons (Fsp3) is 0.263. The number of fused-ring (bicyclic) bond motifs is 1. The van der Waals surface area contributed by atoms with Gasteiger partial charge in [-0.25, -0.2) is 0 Å². The Morgan fingerprint density at radius 1 is 1.27 bits per heavy atom. The lowest BCUT2D eigenvalue weighted by atomic mass is 10.1. The normalized spacial score (nSPS) is 16.3. The Balaban J connectivity index is 1.93. The highest BCUT2D eigenvalue weighted by Gasteiger charge is 2.49. The first kappa shape index (κ1) is 21.1. The van der Waals surface area contributed by atoms with Crippen molar-refractivity contribution in [2.45, 2.75) is 25.6 Å². The molecular formula is C19H16F3N3O5. The van der Waals surface area contributed by atoms with Gasteiger partial charge in [0.2, 0.25) is 5.91 Å². The van der Waals surface area contributed by atoms with Gasteiger partial charge in [0.25, 0.3) is 11.6 Å². The SMILES string of the molecule is Cc1c(OCC(=O)N2c3ccccc3NC(=O)CC2C(F)(F)F)cccc1[N+](=O)[O-]. The van der Waals surface area contributed by atoms with Gasteiger partial charge in [-0.15, -0.1) is 0 Å². The predicted molar refractivity (Wildman–Crippen MR) is 100 cm³/mol. The van der Waals surface area contributed by atoms with Crippen molar-refractivity contribution in [3.63, 3.8) is 0 Å². The van der Waals surface area contributed by atoms with Crippen LogP contribution in [0.5, 0.6) is 5.75 Å². The van der Waals surface area contributed by atoms with Crippen LogP contribution in [0.25, 0.3) is 0 Å². The van der Waals surface area contributed by atoms with Gasteiger partial charge in [-0.1, -0.05) is 18.2 Å². The van der Waals surface area contributed by atoms with Crippen LogP contribution in [0.2, 0.25) is 0 Å². The van der Waals surface area contributed by atoms with E-state index in [0.717, 1.165) is 0 Å². The van der Waals surface area contributed by atoms with Crippen molar-refractivity contribution in [3.8, 4) is 5.75 Å². The van der Waals surface area contributed by atoms with E-state index in [1.165, 1.54) is 49.4 Å². The summed E-state index contributed by atoms with van der Waals surface area (Å²) in [4.78, 5) is 35.6. The molecule has 0 spiro atoms. The second-order valence-corrected chi connectivity index (χ2v) is 6.54. The highest BCUT2D eigenvalue weighted by molar-refractivity contribution is 6.05. The minimum Gasteiger partial charge on any atom is -0.483 e. The zero-order valence-corrected chi connectivity index (χ0v) is 15.6. The second-order valence-electron chi connectivity index (χ2n) is 6.54. The number of para-hydroxylation sites is 2. The summed E-state index contributed by atoms with van der Waals surface area (Å²) in [5.41, 5.74) is -0.164. The number of nitrogens with zero attached hydrogens (tertiary/aromatic N) is 2. The molecule has 0 bridgehead atoms. The first-order valence-corrected chi connectivity index (χ1v) is 8.74. The largest absolute Gasteiger partial charge is 0.483 e. The van der Waals surface area contributed by atoms with Crippen molar-refractivity contribution >= 4 is 28.9 Å². The molecule has 11 heteroatoms. The Morgan fingerprint density at radius 2 is 1.97 bits per heavy atom. The van der Waals surface area contributed by atoms with Crippen LogP contribution in [-0.4, -0.2) is 35.6 Å². The van der Waals surface area contributed by atoms with Crippen LogP contribution in [0.3, 0.4) is 0 Å². The number of hydrogen-bond acceptors (Lipinski definition) is 5. The Morgan fingerprint density at radius 3 is 2.63 bits per heavy atom. The first-order chi connectivity index (χ1) is 14.1. The average Bonchev–Trinajstić information content (AvgIpc) is 2.82. The highest BCUT2D eigenvalue weighted by Crippen LogP contribution is 2.38. The van der Waals surface area contributed by atoms with E-state index >= 15 is 0 Å². The number of ether oxygens (including phenoxy) is 1. The molecule has 0 fully saturated rings. The number of nitrogens with one attached hydrogen (secondary N) is 1. The van der Waals surface area contributed by atoms with Gasteiger partial charge >= 0.3 is 6.18 Å². The number of halogens is 3.